The van der Waals surface area contributed by atoms with E-state index in [1.165, 1.54) is 18.7 Å². The summed E-state index contributed by atoms with van der Waals surface area (Å²) < 4.78 is 5.26. The van der Waals surface area contributed by atoms with Gasteiger partial charge in [0.25, 0.3) is 0 Å². The van der Waals surface area contributed by atoms with E-state index in [9.17, 15) is 0 Å². The van der Waals surface area contributed by atoms with E-state index in [1.54, 1.807) is 7.11 Å². The Labute approximate surface area is 171 Å². The van der Waals surface area contributed by atoms with Crippen molar-refractivity contribution in [3.63, 3.8) is 0 Å². The number of anilines is 1. The second-order valence-corrected chi connectivity index (χ2v) is 7.14. The second-order valence-electron chi connectivity index (χ2n) is 7.14. The first-order chi connectivity index (χ1) is 13.7. The largest absolute Gasteiger partial charge is 0.497 e. The third kappa shape index (κ3) is 6.89. The molecule has 2 rings (SSSR count). The fourth-order valence-electron chi connectivity index (χ4n) is 3.57. The van der Waals surface area contributed by atoms with Crippen molar-refractivity contribution in [1.29, 1.82) is 0 Å². The van der Waals surface area contributed by atoms with Gasteiger partial charge in [0.05, 0.1) is 7.11 Å². The zero-order valence-corrected chi connectivity index (χ0v) is 18.3. The van der Waals surface area contributed by atoms with Crippen molar-refractivity contribution in [2.24, 2.45) is 4.99 Å². The summed E-state index contributed by atoms with van der Waals surface area (Å²) in [4.78, 5) is 12.2. The minimum atomic E-state index is 0.905. The molecule has 1 saturated heterocycles. The van der Waals surface area contributed by atoms with Crippen LogP contribution in [0.1, 0.15) is 33.6 Å². The molecule has 158 valence electrons. The molecule has 1 aromatic rings. The Kier molecular flexibility index (Phi) is 9.97. The molecule has 28 heavy (non-hydrogen) atoms. The van der Waals surface area contributed by atoms with Gasteiger partial charge in [-0.2, -0.15) is 0 Å². The van der Waals surface area contributed by atoms with Gasteiger partial charge >= 0.3 is 0 Å². The van der Waals surface area contributed by atoms with Crippen LogP contribution >= 0.6 is 0 Å². The van der Waals surface area contributed by atoms with Gasteiger partial charge < -0.3 is 24.8 Å². The summed E-state index contributed by atoms with van der Waals surface area (Å²) in [6.45, 7) is 15.9. The Morgan fingerprint density at radius 1 is 1.04 bits per heavy atom. The van der Waals surface area contributed by atoms with Gasteiger partial charge in [-0.25, -0.2) is 0 Å². The van der Waals surface area contributed by atoms with Gasteiger partial charge in [0.1, 0.15) is 5.75 Å². The SMILES string of the molecule is CCNC(=NCCCCN(CC)CC)N1CCN(c2ccc(OC)cc2)CC1. The molecule has 0 atom stereocenters. The highest BCUT2D eigenvalue weighted by Crippen LogP contribution is 2.20. The summed E-state index contributed by atoms with van der Waals surface area (Å²) in [7, 11) is 1.71. The lowest BCUT2D eigenvalue weighted by molar-refractivity contribution is 0.297. The maximum absolute atomic E-state index is 5.26. The first kappa shape index (κ1) is 22.3. The number of unbranched alkanes of at least 4 members (excludes halogenated alkanes) is 1. The van der Waals surface area contributed by atoms with Gasteiger partial charge in [-0.15, -0.1) is 0 Å². The average molecular weight is 390 g/mol. The molecule has 1 aliphatic rings. The third-order valence-electron chi connectivity index (χ3n) is 5.39. The lowest BCUT2D eigenvalue weighted by atomic mass is 10.2. The van der Waals surface area contributed by atoms with Crippen LogP contribution in [0.2, 0.25) is 0 Å². The first-order valence-corrected chi connectivity index (χ1v) is 10.9. The van der Waals surface area contributed by atoms with E-state index in [0.29, 0.717) is 0 Å². The molecule has 1 aromatic carbocycles. The average Bonchev–Trinajstić information content (AvgIpc) is 2.76. The first-order valence-electron chi connectivity index (χ1n) is 10.9. The van der Waals surface area contributed by atoms with Crippen molar-refractivity contribution in [1.82, 2.24) is 15.1 Å². The number of nitrogens with one attached hydrogen (secondary N) is 1. The summed E-state index contributed by atoms with van der Waals surface area (Å²) in [5, 5.41) is 3.47. The van der Waals surface area contributed by atoms with Gasteiger partial charge in [0.2, 0.25) is 0 Å². The number of hydrogen-bond donors (Lipinski definition) is 1. The highest BCUT2D eigenvalue weighted by atomic mass is 16.5. The van der Waals surface area contributed by atoms with Crippen LogP contribution in [0.3, 0.4) is 0 Å². The number of aliphatic imine (C=N–C) groups is 1. The van der Waals surface area contributed by atoms with Crippen LogP contribution in [0.4, 0.5) is 5.69 Å². The molecule has 6 heteroatoms. The van der Waals surface area contributed by atoms with Crippen molar-refractivity contribution >= 4 is 11.6 Å². The molecular weight excluding hydrogens is 350 g/mol. The highest BCUT2D eigenvalue weighted by molar-refractivity contribution is 5.80. The molecule has 0 unspecified atom stereocenters. The molecule has 1 N–H and O–H groups in total. The van der Waals surface area contributed by atoms with Crippen molar-refractivity contribution in [3.8, 4) is 5.75 Å². The molecule has 1 heterocycles. The van der Waals surface area contributed by atoms with Gasteiger partial charge in [0.15, 0.2) is 5.96 Å². The molecule has 1 fully saturated rings. The zero-order valence-electron chi connectivity index (χ0n) is 18.3. The molecule has 0 saturated carbocycles. The fraction of sp³-hybridized carbons (Fsp3) is 0.682. The van der Waals surface area contributed by atoms with Crippen LogP contribution in [-0.4, -0.2) is 81.8 Å². The topological polar surface area (TPSA) is 43.3 Å². The van der Waals surface area contributed by atoms with Crippen molar-refractivity contribution < 1.29 is 4.74 Å². The van der Waals surface area contributed by atoms with Crippen molar-refractivity contribution in [3.05, 3.63) is 24.3 Å². The molecule has 0 aliphatic carbocycles. The normalized spacial score (nSPS) is 15.2. The predicted octanol–water partition coefficient (Wildman–Crippen LogP) is 2.90. The lowest BCUT2D eigenvalue weighted by Gasteiger charge is -2.37. The van der Waals surface area contributed by atoms with Gasteiger partial charge in [-0.1, -0.05) is 13.8 Å². The Hall–Kier alpha value is -1.95. The van der Waals surface area contributed by atoms with Gasteiger partial charge in [-0.3, -0.25) is 4.99 Å². The lowest BCUT2D eigenvalue weighted by Crippen LogP contribution is -2.52. The predicted molar refractivity (Wildman–Crippen MR) is 120 cm³/mol. The minimum Gasteiger partial charge on any atom is -0.497 e. The summed E-state index contributed by atoms with van der Waals surface area (Å²) >= 11 is 0. The molecule has 1 aliphatic heterocycles. The Morgan fingerprint density at radius 2 is 1.71 bits per heavy atom. The van der Waals surface area contributed by atoms with E-state index in [4.69, 9.17) is 9.73 Å². The van der Waals surface area contributed by atoms with Crippen LogP contribution in [0.5, 0.6) is 5.75 Å². The fourth-order valence-corrected chi connectivity index (χ4v) is 3.57. The van der Waals surface area contributed by atoms with E-state index >= 15 is 0 Å². The number of guanidine groups is 1. The van der Waals surface area contributed by atoms with E-state index in [1.807, 2.05) is 12.1 Å². The second kappa shape index (κ2) is 12.5. The standard InChI is InChI=1S/C22H39N5O/c1-5-23-22(24-14-8-9-15-25(6-2)7-3)27-18-16-26(17-19-27)20-10-12-21(28-4)13-11-20/h10-13H,5-9,14-19H2,1-4H3,(H,23,24). The van der Waals surface area contributed by atoms with Crippen LogP contribution in [0.25, 0.3) is 0 Å². The number of methoxy groups -OCH3 is 1. The monoisotopic (exact) mass is 389 g/mol. The molecule has 0 aromatic heterocycles. The molecule has 0 spiro atoms. The summed E-state index contributed by atoms with van der Waals surface area (Å²) in [5.74, 6) is 1.98. The van der Waals surface area contributed by atoms with Crippen LogP contribution in [0.15, 0.2) is 29.3 Å². The Balaban J connectivity index is 1.80. The number of piperazine rings is 1. The minimum absolute atomic E-state index is 0.905. The summed E-state index contributed by atoms with van der Waals surface area (Å²) in [5.41, 5.74) is 1.26. The quantitative estimate of drug-likeness (QED) is 0.379. The number of nitrogens with zero attached hydrogens (tertiary/aromatic N) is 4. The van der Waals surface area contributed by atoms with E-state index < -0.39 is 0 Å². The van der Waals surface area contributed by atoms with Gasteiger partial charge in [-0.05, 0) is 63.7 Å². The number of hydrogen-bond acceptors (Lipinski definition) is 4. The molecule has 0 radical (unpaired) electrons. The van der Waals surface area contributed by atoms with Crippen molar-refractivity contribution in [2.45, 2.75) is 33.6 Å². The van der Waals surface area contributed by atoms with Crippen molar-refractivity contribution in [2.75, 3.05) is 70.9 Å². The Bertz CT molecular complexity index is 563. The maximum atomic E-state index is 5.26. The smallest absolute Gasteiger partial charge is 0.194 e. The van der Waals surface area contributed by atoms with Crippen LogP contribution in [-0.2, 0) is 0 Å². The Morgan fingerprint density at radius 3 is 2.29 bits per heavy atom. The van der Waals surface area contributed by atoms with E-state index in [2.05, 4.69) is 52.9 Å². The highest BCUT2D eigenvalue weighted by Gasteiger charge is 2.19. The molecule has 0 bridgehead atoms. The van der Waals surface area contributed by atoms with E-state index in [0.717, 1.165) is 70.5 Å². The van der Waals surface area contributed by atoms with Gasteiger partial charge in [0, 0.05) is 45.0 Å². The van der Waals surface area contributed by atoms with Crippen LogP contribution < -0.4 is 15.0 Å². The zero-order chi connectivity index (χ0) is 20.2. The third-order valence-corrected chi connectivity index (χ3v) is 5.39. The van der Waals surface area contributed by atoms with Crippen LogP contribution in [0, 0.1) is 0 Å². The maximum Gasteiger partial charge on any atom is 0.194 e. The summed E-state index contributed by atoms with van der Waals surface area (Å²) in [6.07, 6.45) is 2.37. The molecule has 6 nitrogen and oxygen atoms in total. The number of rotatable bonds is 10. The van der Waals surface area contributed by atoms with E-state index in [-0.39, 0.29) is 0 Å². The molecule has 0 amide bonds. The summed E-state index contributed by atoms with van der Waals surface area (Å²) in [6, 6.07) is 8.35. The molecular formula is C22H39N5O. The number of ether oxygens (including phenoxy) is 1. The number of benzene rings is 1.